The van der Waals surface area contributed by atoms with Crippen molar-refractivity contribution in [3.05, 3.63) is 46.7 Å². The summed E-state index contributed by atoms with van der Waals surface area (Å²) < 4.78 is 1.89. The lowest BCUT2D eigenvalue weighted by molar-refractivity contribution is 0.885. The molecule has 22 heavy (non-hydrogen) atoms. The van der Waals surface area contributed by atoms with Crippen molar-refractivity contribution in [2.75, 3.05) is 11.9 Å². The Hall–Kier alpha value is -2.07. The first-order valence-electron chi connectivity index (χ1n) is 7.47. The van der Waals surface area contributed by atoms with Gasteiger partial charge in [0.05, 0.1) is 5.69 Å². The number of halogens is 1. The summed E-state index contributed by atoms with van der Waals surface area (Å²) in [6.07, 6.45) is 1.06. The van der Waals surface area contributed by atoms with E-state index in [9.17, 15) is 0 Å². The molecule has 4 nitrogen and oxygen atoms in total. The topological polar surface area (TPSA) is 42.2 Å². The average molecular weight is 315 g/mol. The van der Waals surface area contributed by atoms with Crippen LogP contribution in [0.3, 0.4) is 0 Å². The van der Waals surface area contributed by atoms with E-state index in [1.165, 1.54) is 0 Å². The van der Waals surface area contributed by atoms with Crippen LogP contribution in [0.1, 0.15) is 24.7 Å². The third kappa shape index (κ3) is 2.66. The van der Waals surface area contributed by atoms with Gasteiger partial charge in [0.2, 0.25) is 0 Å². The molecular formula is C17H19ClN4. The lowest BCUT2D eigenvalue weighted by Crippen LogP contribution is -2.07. The molecule has 0 bridgehead atoms. The number of anilines is 1. The predicted molar refractivity (Wildman–Crippen MR) is 91.7 cm³/mol. The molecule has 5 heteroatoms. The van der Waals surface area contributed by atoms with Gasteiger partial charge in [0.15, 0.2) is 5.65 Å². The molecule has 1 aromatic carbocycles. The monoisotopic (exact) mass is 314 g/mol. The van der Waals surface area contributed by atoms with Crippen LogP contribution in [0.25, 0.3) is 16.8 Å². The van der Waals surface area contributed by atoms with Crippen LogP contribution in [0.15, 0.2) is 30.3 Å². The highest BCUT2D eigenvalue weighted by molar-refractivity contribution is 6.30. The van der Waals surface area contributed by atoms with Gasteiger partial charge < -0.3 is 5.32 Å². The third-order valence-electron chi connectivity index (χ3n) is 3.58. The van der Waals surface area contributed by atoms with E-state index in [2.05, 4.69) is 17.3 Å². The molecule has 3 rings (SSSR count). The molecule has 2 heterocycles. The smallest absolute Gasteiger partial charge is 0.165 e. The first-order valence-corrected chi connectivity index (χ1v) is 7.84. The van der Waals surface area contributed by atoms with Gasteiger partial charge in [-0.2, -0.15) is 9.61 Å². The number of aryl methyl sites for hydroxylation is 2. The van der Waals surface area contributed by atoms with Crippen LogP contribution in [0.5, 0.6) is 0 Å². The summed E-state index contributed by atoms with van der Waals surface area (Å²) in [6, 6.07) is 9.84. The van der Waals surface area contributed by atoms with Crippen LogP contribution in [0.2, 0.25) is 5.02 Å². The third-order valence-corrected chi connectivity index (χ3v) is 3.83. The van der Waals surface area contributed by atoms with Crippen molar-refractivity contribution in [1.29, 1.82) is 0 Å². The zero-order valence-corrected chi connectivity index (χ0v) is 13.8. The van der Waals surface area contributed by atoms with Gasteiger partial charge in [0.1, 0.15) is 5.82 Å². The zero-order chi connectivity index (χ0) is 15.7. The van der Waals surface area contributed by atoms with Crippen LogP contribution in [0, 0.1) is 13.8 Å². The quantitative estimate of drug-likeness (QED) is 0.771. The molecule has 0 atom stereocenters. The second-order valence-corrected chi connectivity index (χ2v) is 5.85. The van der Waals surface area contributed by atoms with E-state index in [-0.39, 0.29) is 0 Å². The molecule has 0 aliphatic rings. The Morgan fingerprint density at radius 2 is 1.91 bits per heavy atom. The number of hydrogen-bond donors (Lipinski definition) is 1. The van der Waals surface area contributed by atoms with E-state index in [1.807, 2.05) is 48.7 Å². The molecule has 114 valence electrons. The lowest BCUT2D eigenvalue weighted by Gasteiger charge is -2.08. The Kier molecular flexibility index (Phi) is 4.03. The molecule has 0 unspecified atom stereocenters. The number of nitrogens with one attached hydrogen (secondary N) is 1. The van der Waals surface area contributed by atoms with E-state index in [0.717, 1.165) is 52.0 Å². The maximum atomic E-state index is 5.99. The second kappa shape index (κ2) is 5.97. The normalized spacial score (nSPS) is 11.1. The van der Waals surface area contributed by atoms with Crippen molar-refractivity contribution in [3.63, 3.8) is 0 Å². The van der Waals surface area contributed by atoms with Gasteiger partial charge in [-0.15, -0.1) is 0 Å². The minimum atomic E-state index is 0.729. The van der Waals surface area contributed by atoms with Crippen molar-refractivity contribution < 1.29 is 0 Å². The average Bonchev–Trinajstić information content (AvgIpc) is 2.82. The number of nitrogens with zero attached hydrogens (tertiary/aromatic N) is 3. The van der Waals surface area contributed by atoms with Crippen molar-refractivity contribution in [1.82, 2.24) is 14.6 Å². The molecule has 0 spiro atoms. The van der Waals surface area contributed by atoms with Crippen LogP contribution >= 0.6 is 11.6 Å². The van der Waals surface area contributed by atoms with Crippen molar-refractivity contribution in [3.8, 4) is 11.1 Å². The zero-order valence-electron chi connectivity index (χ0n) is 13.0. The number of fused-ring (bicyclic) bond motifs is 1. The van der Waals surface area contributed by atoms with E-state index in [1.54, 1.807) is 0 Å². The summed E-state index contributed by atoms with van der Waals surface area (Å²) in [5.41, 5.74) is 4.94. The van der Waals surface area contributed by atoms with Gasteiger partial charge in [-0.1, -0.05) is 30.7 Å². The molecular weight excluding hydrogens is 296 g/mol. The SMILES string of the molecule is CCCNc1cc(C)nc2c(-c3ccc(Cl)cc3)c(C)nn12. The molecule has 0 radical (unpaired) electrons. The maximum Gasteiger partial charge on any atom is 0.165 e. The highest BCUT2D eigenvalue weighted by Crippen LogP contribution is 2.30. The maximum absolute atomic E-state index is 5.99. The Bertz CT molecular complexity index is 806. The number of benzene rings is 1. The molecule has 0 saturated heterocycles. The van der Waals surface area contributed by atoms with Gasteiger partial charge in [-0.25, -0.2) is 4.98 Å². The van der Waals surface area contributed by atoms with Crippen molar-refractivity contribution in [2.24, 2.45) is 0 Å². The van der Waals surface area contributed by atoms with Gasteiger partial charge in [0, 0.05) is 28.9 Å². The van der Waals surface area contributed by atoms with Crippen molar-refractivity contribution in [2.45, 2.75) is 27.2 Å². The summed E-state index contributed by atoms with van der Waals surface area (Å²) in [5.74, 6) is 0.979. The van der Waals surface area contributed by atoms with Gasteiger partial charge in [-0.05, 0) is 38.0 Å². The standard InChI is InChI=1S/C17H19ClN4/c1-4-9-19-15-10-11(2)20-17-16(12(3)21-22(15)17)13-5-7-14(18)8-6-13/h5-8,10,19H,4,9H2,1-3H3. The summed E-state index contributed by atoms with van der Waals surface area (Å²) in [6.45, 7) is 7.07. The number of aromatic nitrogens is 3. The second-order valence-electron chi connectivity index (χ2n) is 5.41. The van der Waals surface area contributed by atoms with Crippen LogP contribution < -0.4 is 5.32 Å². The van der Waals surface area contributed by atoms with Crippen molar-refractivity contribution >= 4 is 23.1 Å². The number of hydrogen-bond acceptors (Lipinski definition) is 3. The first kappa shape index (κ1) is 14.9. The summed E-state index contributed by atoms with van der Waals surface area (Å²) >= 11 is 5.99. The fourth-order valence-corrected chi connectivity index (χ4v) is 2.70. The largest absolute Gasteiger partial charge is 0.370 e. The van der Waals surface area contributed by atoms with E-state index in [4.69, 9.17) is 16.6 Å². The minimum absolute atomic E-state index is 0.729. The summed E-state index contributed by atoms with van der Waals surface area (Å²) in [7, 11) is 0. The molecule has 0 fully saturated rings. The predicted octanol–water partition coefficient (Wildman–Crippen LogP) is 4.49. The fraction of sp³-hybridized carbons (Fsp3) is 0.294. The van der Waals surface area contributed by atoms with Gasteiger partial charge in [0.25, 0.3) is 0 Å². The van der Waals surface area contributed by atoms with Crippen LogP contribution in [-0.2, 0) is 0 Å². The van der Waals surface area contributed by atoms with E-state index >= 15 is 0 Å². The molecule has 0 saturated carbocycles. The Labute approximate surface area is 135 Å². The summed E-state index contributed by atoms with van der Waals surface area (Å²) in [4.78, 5) is 4.69. The van der Waals surface area contributed by atoms with Crippen LogP contribution in [0.4, 0.5) is 5.82 Å². The fourth-order valence-electron chi connectivity index (χ4n) is 2.58. The Morgan fingerprint density at radius 1 is 1.18 bits per heavy atom. The Balaban J connectivity index is 2.21. The molecule has 0 aliphatic heterocycles. The highest BCUT2D eigenvalue weighted by Gasteiger charge is 2.15. The lowest BCUT2D eigenvalue weighted by atomic mass is 10.1. The van der Waals surface area contributed by atoms with Gasteiger partial charge >= 0.3 is 0 Å². The van der Waals surface area contributed by atoms with Gasteiger partial charge in [-0.3, -0.25) is 0 Å². The van der Waals surface area contributed by atoms with Crippen LogP contribution in [-0.4, -0.2) is 21.1 Å². The first-order chi connectivity index (χ1) is 10.6. The summed E-state index contributed by atoms with van der Waals surface area (Å²) in [5, 5.41) is 8.81. The molecule has 0 aliphatic carbocycles. The van der Waals surface area contributed by atoms with E-state index < -0.39 is 0 Å². The molecule has 2 aromatic heterocycles. The molecule has 1 N–H and O–H groups in total. The highest BCUT2D eigenvalue weighted by atomic mass is 35.5. The Morgan fingerprint density at radius 3 is 2.59 bits per heavy atom. The molecule has 0 amide bonds. The minimum Gasteiger partial charge on any atom is -0.370 e. The number of rotatable bonds is 4. The van der Waals surface area contributed by atoms with E-state index in [0.29, 0.717) is 0 Å². The molecule has 3 aromatic rings.